The molecule has 1 aromatic rings. The zero-order valence-electron chi connectivity index (χ0n) is 8.53. The highest BCUT2D eigenvalue weighted by Gasteiger charge is 2.11. The average Bonchev–Trinajstić information content (AvgIpc) is 2.20. The molecular weight excluding hydrogens is 178 g/mol. The molecule has 0 aliphatic carbocycles. The van der Waals surface area contributed by atoms with E-state index >= 15 is 0 Å². The molecule has 1 atom stereocenters. The summed E-state index contributed by atoms with van der Waals surface area (Å²) in [6, 6.07) is 0. The van der Waals surface area contributed by atoms with Crippen LogP contribution in [0.1, 0.15) is 25.8 Å². The molecule has 0 aromatic carbocycles. The first-order valence-corrected chi connectivity index (χ1v) is 4.72. The van der Waals surface area contributed by atoms with Crippen LogP contribution in [0.15, 0.2) is 12.4 Å². The molecule has 2 N–H and O–H groups in total. The zero-order valence-corrected chi connectivity index (χ0v) is 8.53. The van der Waals surface area contributed by atoms with Gasteiger partial charge in [-0.3, -0.25) is 4.79 Å². The molecule has 1 heterocycles. The molecule has 0 amide bonds. The van der Waals surface area contributed by atoms with E-state index < -0.39 is 0 Å². The number of rotatable bonds is 4. The maximum Gasteiger partial charge on any atom is 0.219 e. The Bertz CT molecular complexity index is 308. The molecule has 14 heavy (non-hydrogen) atoms. The predicted octanol–water partition coefficient (Wildman–Crippen LogP) is 1.22. The van der Waals surface area contributed by atoms with Crippen LogP contribution in [0.2, 0.25) is 0 Å². The number of ketones is 1. The summed E-state index contributed by atoms with van der Waals surface area (Å²) < 4.78 is 0. The van der Waals surface area contributed by atoms with Crippen molar-refractivity contribution in [3.05, 3.63) is 18.0 Å². The van der Waals surface area contributed by atoms with E-state index in [0.29, 0.717) is 12.8 Å². The Kier molecular flexibility index (Phi) is 3.56. The van der Waals surface area contributed by atoms with Crippen LogP contribution in [0.5, 0.6) is 0 Å². The lowest BCUT2D eigenvalue weighted by atomic mass is 9.97. The minimum absolute atomic E-state index is 0.0345. The fourth-order valence-electron chi connectivity index (χ4n) is 1.29. The highest BCUT2D eigenvalue weighted by molar-refractivity contribution is 5.80. The number of aromatic nitrogens is 2. The third kappa shape index (κ3) is 2.80. The Balaban J connectivity index is 2.60. The van der Waals surface area contributed by atoms with Crippen molar-refractivity contribution < 1.29 is 4.79 Å². The molecule has 0 fully saturated rings. The van der Waals surface area contributed by atoms with Gasteiger partial charge in [0, 0.05) is 24.7 Å². The van der Waals surface area contributed by atoms with Crippen LogP contribution >= 0.6 is 0 Å². The molecule has 0 radical (unpaired) electrons. The number of Topliss-reactive ketones (excluding diaryl/α,β-unsaturated/α-hetero) is 1. The van der Waals surface area contributed by atoms with Gasteiger partial charge in [0.1, 0.15) is 5.78 Å². The SMILES string of the molecule is CCC(=O)C(C)Cc1cnc(N)nc1. The number of anilines is 1. The molecule has 0 bridgehead atoms. The van der Waals surface area contributed by atoms with Gasteiger partial charge in [-0.1, -0.05) is 13.8 Å². The van der Waals surface area contributed by atoms with Crippen molar-refractivity contribution in [1.82, 2.24) is 9.97 Å². The molecule has 76 valence electrons. The molecule has 1 aromatic heterocycles. The highest BCUT2D eigenvalue weighted by atomic mass is 16.1. The Morgan fingerprint density at radius 3 is 2.57 bits per heavy atom. The van der Waals surface area contributed by atoms with Crippen LogP contribution in [0.4, 0.5) is 5.95 Å². The summed E-state index contributed by atoms with van der Waals surface area (Å²) in [6.07, 6.45) is 4.60. The van der Waals surface area contributed by atoms with Crippen molar-refractivity contribution in [1.29, 1.82) is 0 Å². The summed E-state index contributed by atoms with van der Waals surface area (Å²) in [5, 5.41) is 0. The summed E-state index contributed by atoms with van der Waals surface area (Å²) in [5.41, 5.74) is 6.31. The van der Waals surface area contributed by atoms with Gasteiger partial charge in [0.05, 0.1) is 0 Å². The molecular formula is C10H15N3O. The molecule has 1 unspecified atom stereocenters. The van der Waals surface area contributed by atoms with Crippen LogP contribution in [-0.2, 0) is 11.2 Å². The number of hydrogen-bond donors (Lipinski definition) is 1. The van der Waals surface area contributed by atoms with E-state index in [1.165, 1.54) is 0 Å². The van der Waals surface area contributed by atoms with Crippen molar-refractivity contribution in [2.24, 2.45) is 5.92 Å². The summed E-state index contributed by atoms with van der Waals surface area (Å²) >= 11 is 0. The average molecular weight is 193 g/mol. The number of nitrogen functional groups attached to an aromatic ring is 1. The van der Waals surface area contributed by atoms with Gasteiger partial charge in [0.15, 0.2) is 0 Å². The monoisotopic (exact) mass is 193 g/mol. The first-order valence-electron chi connectivity index (χ1n) is 4.72. The molecule has 0 aliphatic rings. The number of nitrogens with two attached hydrogens (primary N) is 1. The Morgan fingerprint density at radius 2 is 2.07 bits per heavy atom. The van der Waals surface area contributed by atoms with Gasteiger partial charge < -0.3 is 5.73 Å². The summed E-state index contributed by atoms with van der Waals surface area (Å²) in [5.74, 6) is 0.567. The molecule has 0 spiro atoms. The second-order valence-corrected chi connectivity index (χ2v) is 3.37. The lowest BCUT2D eigenvalue weighted by molar-refractivity contribution is -0.122. The second kappa shape index (κ2) is 4.69. The first kappa shape index (κ1) is 10.6. The third-order valence-corrected chi connectivity index (χ3v) is 2.17. The van der Waals surface area contributed by atoms with Crippen LogP contribution in [-0.4, -0.2) is 15.8 Å². The topological polar surface area (TPSA) is 68.9 Å². The van der Waals surface area contributed by atoms with Crippen LogP contribution in [0, 0.1) is 5.92 Å². The van der Waals surface area contributed by atoms with Gasteiger partial charge in [-0.15, -0.1) is 0 Å². The fourth-order valence-corrected chi connectivity index (χ4v) is 1.29. The highest BCUT2D eigenvalue weighted by Crippen LogP contribution is 2.09. The van der Waals surface area contributed by atoms with Gasteiger partial charge >= 0.3 is 0 Å². The van der Waals surface area contributed by atoms with Crippen LogP contribution < -0.4 is 5.73 Å². The molecule has 0 saturated carbocycles. The van der Waals surface area contributed by atoms with Crippen molar-refractivity contribution in [3.63, 3.8) is 0 Å². The van der Waals surface area contributed by atoms with Crippen LogP contribution in [0.25, 0.3) is 0 Å². The Hall–Kier alpha value is -1.45. The molecule has 4 heteroatoms. The smallest absolute Gasteiger partial charge is 0.219 e. The maximum atomic E-state index is 11.3. The van der Waals surface area contributed by atoms with E-state index in [1.54, 1.807) is 12.4 Å². The summed E-state index contributed by atoms with van der Waals surface area (Å²) in [7, 11) is 0. The number of carbonyl (C=O) groups is 1. The van der Waals surface area contributed by atoms with Gasteiger partial charge in [-0.25, -0.2) is 9.97 Å². The second-order valence-electron chi connectivity index (χ2n) is 3.37. The number of hydrogen-bond acceptors (Lipinski definition) is 4. The van der Waals surface area contributed by atoms with Crippen molar-refractivity contribution >= 4 is 11.7 Å². The van der Waals surface area contributed by atoms with E-state index in [4.69, 9.17) is 5.73 Å². The van der Waals surface area contributed by atoms with Crippen molar-refractivity contribution in [2.75, 3.05) is 5.73 Å². The molecule has 0 saturated heterocycles. The van der Waals surface area contributed by atoms with E-state index in [-0.39, 0.29) is 17.6 Å². The number of nitrogens with zero attached hydrogens (tertiary/aromatic N) is 2. The summed E-state index contributed by atoms with van der Waals surface area (Å²) in [6.45, 7) is 3.79. The van der Waals surface area contributed by atoms with E-state index in [1.807, 2.05) is 13.8 Å². The minimum atomic E-state index is 0.0345. The van der Waals surface area contributed by atoms with Crippen molar-refractivity contribution in [3.8, 4) is 0 Å². The zero-order chi connectivity index (χ0) is 10.6. The first-order chi connectivity index (χ1) is 6.63. The van der Waals surface area contributed by atoms with Gasteiger partial charge in [-0.2, -0.15) is 0 Å². The normalized spacial score (nSPS) is 12.4. The van der Waals surface area contributed by atoms with E-state index in [0.717, 1.165) is 5.56 Å². The quantitative estimate of drug-likeness (QED) is 0.780. The Morgan fingerprint density at radius 1 is 1.50 bits per heavy atom. The standard InChI is InChI=1S/C10H15N3O/c1-3-9(14)7(2)4-8-5-12-10(11)13-6-8/h5-7H,3-4H2,1-2H3,(H2,11,12,13). The van der Waals surface area contributed by atoms with Crippen LogP contribution in [0.3, 0.4) is 0 Å². The predicted molar refractivity (Wildman–Crippen MR) is 54.6 cm³/mol. The third-order valence-electron chi connectivity index (χ3n) is 2.17. The van der Waals surface area contributed by atoms with Gasteiger partial charge in [0.25, 0.3) is 0 Å². The van der Waals surface area contributed by atoms with E-state index in [9.17, 15) is 4.79 Å². The van der Waals surface area contributed by atoms with Crippen molar-refractivity contribution in [2.45, 2.75) is 26.7 Å². The van der Waals surface area contributed by atoms with E-state index in [2.05, 4.69) is 9.97 Å². The lowest BCUT2D eigenvalue weighted by Crippen LogP contribution is -2.12. The fraction of sp³-hybridized carbons (Fsp3) is 0.500. The largest absolute Gasteiger partial charge is 0.368 e. The summed E-state index contributed by atoms with van der Waals surface area (Å²) in [4.78, 5) is 19.1. The number of carbonyl (C=O) groups excluding carboxylic acids is 1. The van der Waals surface area contributed by atoms with Gasteiger partial charge in [0.2, 0.25) is 5.95 Å². The molecule has 1 rings (SSSR count). The Labute approximate surface area is 83.6 Å². The minimum Gasteiger partial charge on any atom is -0.368 e. The van der Waals surface area contributed by atoms with Gasteiger partial charge in [-0.05, 0) is 12.0 Å². The maximum absolute atomic E-state index is 11.3. The molecule has 4 nitrogen and oxygen atoms in total. The molecule has 0 aliphatic heterocycles. The lowest BCUT2D eigenvalue weighted by Gasteiger charge is -2.07.